The van der Waals surface area contributed by atoms with Crippen LogP contribution in [0.25, 0.3) is 5.69 Å². The lowest BCUT2D eigenvalue weighted by atomic mass is 9.90. The molecule has 1 aliphatic heterocycles. The van der Waals surface area contributed by atoms with Crippen LogP contribution in [0.4, 0.5) is 10.5 Å². The number of carbonyl (C=O) groups is 2. The first-order valence-corrected chi connectivity index (χ1v) is 12.3. The van der Waals surface area contributed by atoms with Crippen molar-refractivity contribution in [3.63, 3.8) is 0 Å². The average molecular weight is 511 g/mol. The molecule has 0 atom stereocenters. The molecule has 1 N–H and O–H groups in total. The van der Waals surface area contributed by atoms with Gasteiger partial charge in [-0.3, -0.25) is 4.79 Å². The minimum absolute atomic E-state index is 0.0217. The molecular weight excluding hydrogens is 480 g/mol. The number of amides is 2. The van der Waals surface area contributed by atoms with Gasteiger partial charge in [-0.05, 0) is 63.9 Å². The van der Waals surface area contributed by atoms with Crippen LogP contribution < -0.4 is 10.1 Å². The SMILES string of the molecule is COc1ccc(Cl)cc1NC(=O)c1cnn(-c2ccccc2)c1C1CCN(C(=O)OC(C)(C)C)CC1. The van der Waals surface area contributed by atoms with E-state index in [9.17, 15) is 9.59 Å². The van der Waals surface area contributed by atoms with Crippen molar-refractivity contribution in [1.82, 2.24) is 14.7 Å². The molecule has 190 valence electrons. The summed E-state index contributed by atoms with van der Waals surface area (Å²) >= 11 is 6.15. The molecule has 0 radical (unpaired) electrons. The van der Waals surface area contributed by atoms with Gasteiger partial charge < -0.3 is 19.7 Å². The van der Waals surface area contributed by atoms with Gasteiger partial charge in [0, 0.05) is 24.0 Å². The fraction of sp³-hybridized carbons (Fsp3) is 0.370. The molecule has 9 heteroatoms. The Labute approximate surface area is 216 Å². The lowest BCUT2D eigenvalue weighted by Crippen LogP contribution is -2.41. The summed E-state index contributed by atoms with van der Waals surface area (Å²) in [6.07, 6.45) is 2.63. The zero-order chi connectivity index (χ0) is 25.9. The second-order valence-electron chi connectivity index (χ2n) is 9.73. The van der Waals surface area contributed by atoms with Crippen LogP contribution in [0.5, 0.6) is 5.75 Å². The predicted molar refractivity (Wildman–Crippen MR) is 139 cm³/mol. The number of aromatic nitrogens is 2. The monoisotopic (exact) mass is 510 g/mol. The summed E-state index contributed by atoms with van der Waals surface area (Å²) in [6, 6.07) is 14.8. The Bertz CT molecular complexity index is 1230. The van der Waals surface area contributed by atoms with E-state index in [0.29, 0.717) is 48.0 Å². The Morgan fingerprint density at radius 1 is 1.08 bits per heavy atom. The van der Waals surface area contributed by atoms with Crippen LogP contribution in [0, 0.1) is 0 Å². The van der Waals surface area contributed by atoms with Gasteiger partial charge in [-0.2, -0.15) is 5.10 Å². The van der Waals surface area contributed by atoms with Crippen molar-refractivity contribution in [3.05, 3.63) is 71.0 Å². The zero-order valence-electron chi connectivity index (χ0n) is 21.0. The van der Waals surface area contributed by atoms with Gasteiger partial charge in [-0.1, -0.05) is 29.8 Å². The van der Waals surface area contributed by atoms with Crippen molar-refractivity contribution in [3.8, 4) is 11.4 Å². The van der Waals surface area contributed by atoms with E-state index in [1.165, 1.54) is 7.11 Å². The van der Waals surface area contributed by atoms with E-state index >= 15 is 0 Å². The maximum atomic E-state index is 13.5. The van der Waals surface area contributed by atoms with Crippen LogP contribution in [0.15, 0.2) is 54.7 Å². The fourth-order valence-electron chi connectivity index (χ4n) is 4.33. The maximum absolute atomic E-state index is 13.5. The number of para-hydroxylation sites is 1. The minimum atomic E-state index is -0.549. The number of nitrogens with one attached hydrogen (secondary N) is 1. The Morgan fingerprint density at radius 2 is 1.78 bits per heavy atom. The largest absolute Gasteiger partial charge is 0.495 e. The fourth-order valence-corrected chi connectivity index (χ4v) is 4.50. The van der Waals surface area contributed by atoms with Crippen LogP contribution in [0.2, 0.25) is 5.02 Å². The molecule has 0 saturated carbocycles. The number of ether oxygens (including phenoxy) is 2. The van der Waals surface area contributed by atoms with Gasteiger partial charge in [-0.25, -0.2) is 9.48 Å². The van der Waals surface area contributed by atoms with E-state index in [-0.39, 0.29) is 17.9 Å². The molecule has 8 nitrogen and oxygen atoms in total. The van der Waals surface area contributed by atoms with E-state index in [1.54, 1.807) is 29.3 Å². The van der Waals surface area contributed by atoms with E-state index in [0.717, 1.165) is 11.4 Å². The number of carbonyl (C=O) groups excluding carboxylic acids is 2. The van der Waals surface area contributed by atoms with E-state index in [4.69, 9.17) is 21.1 Å². The molecule has 36 heavy (non-hydrogen) atoms. The Kier molecular flexibility index (Phi) is 7.54. The molecule has 2 amide bonds. The van der Waals surface area contributed by atoms with Crippen LogP contribution in [-0.2, 0) is 4.74 Å². The second-order valence-corrected chi connectivity index (χ2v) is 10.2. The average Bonchev–Trinajstić information content (AvgIpc) is 3.29. The molecule has 1 saturated heterocycles. The molecule has 4 rings (SSSR count). The van der Waals surface area contributed by atoms with E-state index in [1.807, 2.05) is 55.8 Å². The Morgan fingerprint density at radius 3 is 2.42 bits per heavy atom. The molecule has 2 aromatic carbocycles. The van der Waals surface area contributed by atoms with Gasteiger partial charge in [0.15, 0.2) is 0 Å². The number of likely N-dealkylation sites (tertiary alicyclic amines) is 1. The van der Waals surface area contributed by atoms with Crippen molar-refractivity contribution in [1.29, 1.82) is 0 Å². The number of nitrogens with zero attached hydrogens (tertiary/aromatic N) is 3. The van der Waals surface area contributed by atoms with Crippen LogP contribution >= 0.6 is 11.6 Å². The number of hydrogen-bond acceptors (Lipinski definition) is 5. The molecule has 1 aromatic heterocycles. The quantitative estimate of drug-likeness (QED) is 0.461. The van der Waals surface area contributed by atoms with E-state index in [2.05, 4.69) is 10.4 Å². The number of anilines is 1. The first-order chi connectivity index (χ1) is 17.2. The molecule has 3 aromatic rings. The third kappa shape index (κ3) is 5.82. The highest BCUT2D eigenvalue weighted by molar-refractivity contribution is 6.31. The highest BCUT2D eigenvalue weighted by Crippen LogP contribution is 2.34. The highest BCUT2D eigenvalue weighted by atomic mass is 35.5. The number of hydrogen-bond donors (Lipinski definition) is 1. The smallest absolute Gasteiger partial charge is 0.410 e. The summed E-state index contributed by atoms with van der Waals surface area (Å²) in [4.78, 5) is 27.8. The molecule has 0 bridgehead atoms. The van der Waals surface area contributed by atoms with Gasteiger partial charge in [0.05, 0.1) is 35.9 Å². The van der Waals surface area contributed by atoms with Crippen LogP contribution in [0.1, 0.15) is 55.6 Å². The van der Waals surface area contributed by atoms with Crippen molar-refractivity contribution < 1.29 is 19.1 Å². The summed E-state index contributed by atoms with van der Waals surface area (Å²) < 4.78 is 12.7. The number of benzene rings is 2. The van der Waals surface area contributed by atoms with E-state index < -0.39 is 5.60 Å². The maximum Gasteiger partial charge on any atom is 0.410 e. The zero-order valence-corrected chi connectivity index (χ0v) is 21.7. The first kappa shape index (κ1) is 25.6. The summed E-state index contributed by atoms with van der Waals surface area (Å²) in [5, 5.41) is 8.00. The van der Waals surface area contributed by atoms with Gasteiger partial charge in [0.2, 0.25) is 0 Å². The molecular formula is C27H31ClN4O4. The molecule has 0 unspecified atom stereocenters. The van der Waals surface area contributed by atoms with Crippen LogP contribution in [0.3, 0.4) is 0 Å². The second kappa shape index (κ2) is 10.6. The van der Waals surface area contributed by atoms with Crippen molar-refractivity contribution >= 4 is 29.3 Å². The normalized spacial score (nSPS) is 14.4. The standard InChI is InChI=1S/C27H31ClN4O4/c1-27(2,3)36-26(34)31-14-12-18(13-15-31)24-21(17-29-32(24)20-8-6-5-7-9-20)25(33)30-22-16-19(28)10-11-23(22)35-4/h5-11,16-18H,12-15H2,1-4H3,(H,30,33). The van der Waals surface area contributed by atoms with Crippen molar-refractivity contribution in [2.24, 2.45) is 0 Å². The summed E-state index contributed by atoms with van der Waals surface area (Å²) in [6.45, 7) is 6.63. The molecule has 0 aliphatic carbocycles. The molecule has 2 heterocycles. The van der Waals surface area contributed by atoms with Crippen molar-refractivity contribution in [2.75, 3.05) is 25.5 Å². The van der Waals surface area contributed by atoms with Gasteiger partial charge >= 0.3 is 6.09 Å². The lowest BCUT2D eigenvalue weighted by molar-refractivity contribution is 0.0203. The number of methoxy groups -OCH3 is 1. The first-order valence-electron chi connectivity index (χ1n) is 11.9. The number of rotatable bonds is 5. The molecule has 0 spiro atoms. The minimum Gasteiger partial charge on any atom is -0.495 e. The topological polar surface area (TPSA) is 85.7 Å². The van der Waals surface area contributed by atoms with Gasteiger partial charge in [0.1, 0.15) is 11.4 Å². The highest BCUT2D eigenvalue weighted by Gasteiger charge is 2.32. The number of halogens is 1. The Hall–Kier alpha value is -3.52. The van der Waals surface area contributed by atoms with Gasteiger partial charge in [-0.15, -0.1) is 0 Å². The Balaban J connectivity index is 1.62. The summed E-state index contributed by atoms with van der Waals surface area (Å²) in [7, 11) is 1.54. The molecule has 1 fully saturated rings. The third-order valence-corrected chi connectivity index (χ3v) is 6.23. The third-order valence-electron chi connectivity index (χ3n) is 5.99. The lowest BCUT2D eigenvalue weighted by Gasteiger charge is -2.34. The summed E-state index contributed by atoms with van der Waals surface area (Å²) in [5.74, 6) is 0.228. The van der Waals surface area contributed by atoms with Gasteiger partial charge in [0.25, 0.3) is 5.91 Å². The van der Waals surface area contributed by atoms with Crippen molar-refractivity contribution in [2.45, 2.75) is 45.1 Å². The molecule has 1 aliphatic rings. The predicted octanol–water partition coefficient (Wildman–Crippen LogP) is 5.90. The van der Waals surface area contributed by atoms with Crippen LogP contribution in [-0.4, -0.2) is 52.5 Å². The summed E-state index contributed by atoms with van der Waals surface area (Å²) in [5.41, 5.74) is 2.07. The number of piperidine rings is 1.